The van der Waals surface area contributed by atoms with Gasteiger partial charge in [-0.05, 0) is 38.1 Å². The van der Waals surface area contributed by atoms with Crippen molar-refractivity contribution in [1.29, 1.82) is 0 Å². The van der Waals surface area contributed by atoms with E-state index >= 15 is 0 Å². The number of hydrogen-bond donors (Lipinski definition) is 3. The predicted octanol–water partition coefficient (Wildman–Crippen LogP) is 1.28. The number of carbonyl (C=O) groups excluding carboxylic acids is 1. The summed E-state index contributed by atoms with van der Waals surface area (Å²) in [7, 11) is 0. The summed E-state index contributed by atoms with van der Waals surface area (Å²) in [4.78, 5) is 23.4. The van der Waals surface area contributed by atoms with E-state index in [-0.39, 0.29) is 18.4 Å². The fourth-order valence-corrected chi connectivity index (χ4v) is 3.43. The minimum atomic E-state index is -0.827. The van der Waals surface area contributed by atoms with Crippen molar-refractivity contribution in [3.63, 3.8) is 0 Å². The number of carboxylic acids is 1. The molecule has 1 aliphatic heterocycles. The largest absolute Gasteiger partial charge is 0.481 e. The molecule has 19 heavy (non-hydrogen) atoms. The fourth-order valence-electron chi connectivity index (χ4n) is 3.43. The lowest BCUT2D eigenvalue weighted by atomic mass is 9.89. The third-order valence-electron chi connectivity index (χ3n) is 4.49. The molecule has 2 atom stereocenters. The van der Waals surface area contributed by atoms with E-state index in [0.717, 1.165) is 45.1 Å². The fraction of sp³-hybridized carbons (Fsp3) is 0.857. The van der Waals surface area contributed by atoms with E-state index in [1.165, 1.54) is 0 Å². The van der Waals surface area contributed by atoms with Crippen molar-refractivity contribution in [3.8, 4) is 0 Å². The number of amides is 1. The van der Waals surface area contributed by atoms with Crippen LogP contribution in [0.1, 0.15) is 51.9 Å². The van der Waals surface area contributed by atoms with Crippen LogP contribution in [0, 0.1) is 5.92 Å². The van der Waals surface area contributed by atoms with Gasteiger partial charge in [0.25, 0.3) is 0 Å². The normalized spacial score (nSPS) is 29.9. The number of aliphatic carboxylic acids is 1. The van der Waals surface area contributed by atoms with Gasteiger partial charge in [-0.3, -0.25) is 9.59 Å². The zero-order valence-electron chi connectivity index (χ0n) is 11.6. The second-order valence-corrected chi connectivity index (χ2v) is 6.10. The number of piperidine rings is 1. The van der Waals surface area contributed by atoms with E-state index in [0.29, 0.717) is 5.92 Å². The van der Waals surface area contributed by atoms with Gasteiger partial charge >= 0.3 is 5.97 Å². The monoisotopic (exact) mass is 268 g/mol. The molecule has 2 fully saturated rings. The standard InChI is InChI=1S/C14H24N2O3/c1-10-5-4-8-15-12(10)13(19)16-14(9-11(17)18)6-2-3-7-14/h10,12,15H,2-9H2,1H3,(H,16,19)(H,17,18). The van der Waals surface area contributed by atoms with Crippen molar-refractivity contribution < 1.29 is 14.7 Å². The van der Waals surface area contributed by atoms with Crippen LogP contribution in [0.5, 0.6) is 0 Å². The number of hydrogen-bond acceptors (Lipinski definition) is 3. The summed E-state index contributed by atoms with van der Waals surface area (Å²) in [5.74, 6) is -0.528. The molecule has 0 aromatic carbocycles. The Morgan fingerprint density at radius 1 is 1.32 bits per heavy atom. The van der Waals surface area contributed by atoms with Crippen molar-refractivity contribution in [2.24, 2.45) is 5.92 Å². The summed E-state index contributed by atoms with van der Waals surface area (Å²) in [5, 5.41) is 15.3. The van der Waals surface area contributed by atoms with Crippen LogP contribution in [0.4, 0.5) is 0 Å². The van der Waals surface area contributed by atoms with Crippen LogP contribution in [0.15, 0.2) is 0 Å². The summed E-state index contributed by atoms with van der Waals surface area (Å²) < 4.78 is 0. The Bertz CT molecular complexity index is 351. The Labute approximate surface area is 114 Å². The maximum atomic E-state index is 12.4. The van der Waals surface area contributed by atoms with Crippen molar-refractivity contribution in [3.05, 3.63) is 0 Å². The van der Waals surface area contributed by atoms with Crippen molar-refractivity contribution >= 4 is 11.9 Å². The topological polar surface area (TPSA) is 78.4 Å². The Kier molecular flexibility index (Phi) is 4.45. The van der Waals surface area contributed by atoms with Gasteiger partial charge in [0.15, 0.2) is 0 Å². The molecule has 0 aromatic rings. The Morgan fingerprint density at radius 3 is 2.58 bits per heavy atom. The molecule has 2 rings (SSSR count). The highest BCUT2D eigenvalue weighted by molar-refractivity contribution is 5.83. The number of rotatable bonds is 4. The van der Waals surface area contributed by atoms with Gasteiger partial charge < -0.3 is 15.7 Å². The molecule has 1 amide bonds. The molecule has 108 valence electrons. The Morgan fingerprint density at radius 2 is 2.00 bits per heavy atom. The van der Waals surface area contributed by atoms with Crippen LogP contribution in [0.2, 0.25) is 0 Å². The Hall–Kier alpha value is -1.10. The lowest BCUT2D eigenvalue weighted by Gasteiger charge is -2.34. The van der Waals surface area contributed by atoms with Crippen LogP contribution in [0.3, 0.4) is 0 Å². The minimum absolute atomic E-state index is 0.0182. The molecule has 1 aliphatic carbocycles. The molecule has 0 aromatic heterocycles. The molecule has 1 saturated heterocycles. The molecule has 5 nitrogen and oxygen atoms in total. The lowest BCUT2D eigenvalue weighted by Crippen LogP contribution is -2.57. The maximum Gasteiger partial charge on any atom is 0.305 e. The third-order valence-corrected chi connectivity index (χ3v) is 4.49. The average Bonchev–Trinajstić information content (AvgIpc) is 2.76. The predicted molar refractivity (Wildman–Crippen MR) is 71.8 cm³/mol. The molecule has 0 spiro atoms. The molecule has 0 bridgehead atoms. The van der Waals surface area contributed by atoms with E-state index in [4.69, 9.17) is 5.11 Å². The van der Waals surface area contributed by atoms with Gasteiger partial charge in [0.2, 0.25) is 5.91 Å². The van der Waals surface area contributed by atoms with Crippen LogP contribution in [0.25, 0.3) is 0 Å². The number of nitrogens with one attached hydrogen (secondary N) is 2. The van der Waals surface area contributed by atoms with E-state index in [9.17, 15) is 9.59 Å². The number of carboxylic acid groups (broad SMARTS) is 1. The highest BCUT2D eigenvalue weighted by Crippen LogP contribution is 2.33. The van der Waals surface area contributed by atoms with Gasteiger partial charge in [-0.2, -0.15) is 0 Å². The molecule has 5 heteroatoms. The third kappa shape index (κ3) is 3.47. The van der Waals surface area contributed by atoms with Gasteiger partial charge in [-0.25, -0.2) is 0 Å². The van der Waals surface area contributed by atoms with Crippen LogP contribution in [-0.4, -0.2) is 35.1 Å². The van der Waals surface area contributed by atoms with Gasteiger partial charge in [-0.15, -0.1) is 0 Å². The first-order chi connectivity index (χ1) is 9.02. The van der Waals surface area contributed by atoms with Gasteiger partial charge in [0.05, 0.1) is 18.0 Å². The van der Waals surface area contributed by atoms with Crippen LogP contribution >= 0.6 is 0 Å². The second kappa shape index (κ2) is 5.90. The highest BCUT2D eigenvalue weighted by Gasteiger charge is 2.39. The highest BCUT2D eigenvalue weighted by atomic mass is 16.4. The average molecular weight is 268 g/mol. The van der Waals surface area contributed by atoms with E-state index in [2.05, 4.69) is 17.6 Å². The smallest absolute Gasteiger partial charge is 0.305 e. The first-order valence-corrected chi connectivity index (χ1v) is 7.30. The first kappa shape index (κ1) is 14.3. The molecule has 2 unspecified atom stereocenters. The number of carbonyl (C=O) groups is 2. The molecule has 1 saturated carbocycles. The summed E-state index contributed by atoms with van der Waals surface area (Å²) >= 11 is 0. The van der Waals surface area contributed by atoms with E-state index in [1.807, 2.05) is 0 Å². The van der Waals surface area contributed by atoms with E-state index in [1.54, 1.807) is 0 Å². The van der Waals surface area contributed by atoms with Crippen LogP contribution in [-0.2, 0) is 9.59 Å². The lowest BCUT2D eigenvalue weighted by molar-refractivity contribution is -0.139. The maximum absolute atomic E-state index is 12.4. The zero-order valence-corrected chi connectivity index (χ0v) is 11.6. The molecule has 1 heterocycles. The molecule has 0 radical (unpaired) electrons. The Balaban J connectivity index is 2.00. The molecular weight excluding hydrogens is 244 g/mol. The molecule has 2 aliphatic rings. The summed E-state index contributed by atoms with van der Waals surface area (Å²) in [6, 6.07) is -0.167. The summed E-state index contributed by atoms with van der Waals surface area (Å²) in [6.07, 6.45) is 5.77. The summed E-state index contributed by atoms with van der Waals surface area (Å²) in [5.41, 5.74) is -0.512. The van der Waals surface area contributed by atoms with Gasteiger partial charge in [0, 0.05) is 0 Å². The first-order valence-electron chi connectivity index (χ1n) is 7.30. The summed E-state index contributed by atoms with van der Waals surface area (Å²) in [6.45, 7) is 2.95. The molecular formula is C14H24N2O3. The minimum Gasteiger partial charge on any atom is -0.481 e. The zero-order chi connectivity index (χ0) is 13.9. The van der Waals surface area contributed by atoms with Crippen molar-refractivity contribution in [2.75, 3.05) is 6.54 Å². The SMILES string of the molecule is CC1CCCNC1C(=O)NC1(CC(=O)O)CCCC1. The van der Waals surface area contributed by atoms with Gasteiger partial charge in [-0.1, -0.05) is 19.8 Å². The van der Waals surface area contributed by atoms with Crippen LogP contribution < -0.4 is 10.6 Å². The van der Waals surface area contributed by atoms with E-state index < -0.39 is 11.5 Å². The molecule has 3 N–H and O–H groups in total. The van der Waals surface area contributed by atoms with Gasteiger partial charge in [0.1, 0.15) is 0 Å². The van der Waals surface area contributed by atoms with Crippen molar-refractivity contribution in [1.82, 2.24) is 10.6 Å². The van der Waals surface area contributed by atoms with Crippen molar-refractivity contribution in [2.45, 2.75) is 63.5 Å². The quantitative estimate of drug-likeness (QED) is 0.717. The second-order valence-electron chi connectivity index (χ2n) is 6.10.